The minimum atomic E-state index is -0.204. The highest BCUT2D eigenvalue weighted by Gasteiger charge is 2.36. The third-order valence-electron chi connectivity index (χ3n) is 5.40. The fraction of sp³-hybridized carbons (Fsp3) is 0.333. The third kappa shape index (κ3) is 3.39. The Labute approximate surface area is 163 Å². The molecule has 0 aromatic heterocycles. The van der Waals surface area contributed by atoms with Gasteiger partial charge in [0.05, 0.1) is 11.3 Å². The summed E-state index contributed by atoms with van der Waals surface area (Å²) in [5.74, 6) is -0.135. The van der Waals surface area contributed by atoms with Crippen molar-refractivity contribution in [1.82, 2.24) is 4.90 Å². The Kier molecular flexibility index (Phi) is 4.79. The lowest BCUT2D eigenvalue weighted by molar-refractivity contribution is 0.0661. The quantitative estimate of drug-likeness (QED) is 0.837. The van der Waals surface area contributed by atoms with E-state index in [9.17, 15) is 9.59 Å². The van der Waals surface area contributed by atoms with Gasteiger partial charge < -0.3 is 15.1 Å². The van der Waals surface area contributed by atoms with Crippen molar-refractivity contribution in [2.24, 2.45) is 0 Å². The van der Waals surface area contributed by atoms with E-state index in [1.165, 1.54) is 0 Å². The van der Waals surface area contributed by atoms with Gasteiger partial charge in [-0.2, -0.15) is 0 Å². The summed E-state index contributed by atoms with van der Waals surface area (Å²) < 4.78 is 0. The molecule has 140 valence electrons. The summed E-state index contributed by atoms with van der Waals surface area (Å²) in [5, 5.41) is 3.49. The van der Waals surface area contributed by atoms with Gasteiger partial charge in [-0.15, -0.1) is 0 Å². The van der Waals surface area contributed by atoms with Crippen LogP contribution in [0.4, 0.5) is 11.4 Å². The number of fused-ring (bicyclic) bond motifs is 2. The summed E-state index contributed by atoms with van der Waals surface area (Å²) in [6.07, 6.45) is 4.35. The van der Waals surface area contributed by atoms with E-state index in [1.54, 1.807) is 36.4 Å². The SMILES string of the molecule is CN1c2cc(C(=O)Nc3ccc(Cl)cc3)ccc2C(=O)N2CCCCC[C@H]21. The molecule has 6 heteroatoms. The Balaban J connectivity index is 1.62. The standard InChI is InChI=1S/C21H22ClN3O2/c1-24-18-13-14(20(26)23-16-9-7-15(22)8-10-16)6-11-17(18)21(27)25-12-4-2-3-5-19(24)25/h6-11,13,19H,2-5,12H2,1H3,(H,23,26)/t19-/m0/s1. The number of nitrogens with one attached hydrogen (secondary N) is 1. The van der Waals surface area contributed by atoms with Crippen LogP contribution in [-0.4, -0.2) is 36.5 Å². The highest BCUT2D eigenvalue weighted by atomic mass is 35.5. The molecule has 0 radical (unpaired) electrons. The lowest BCUT2D eigenvalue weighted by Gasteiger charge is -2.43. The molecule has 1 atom stereocenters. The smallest absolute Gasteiger partial charge is 0.257 e. The van der Waals surface area contributed by atoms with E-state index in [-0.39, 0.29) is 18.0 Å². The molecule has 1 N–H and O–H groups in total. The second-order valence-electron chi connectivity index (χ2n) is 7.13. The number of hydrogen-bond acceptors (Lipinski definition) is 3. The fourth-order valence-electron chi connectivity index (χ4n) is 3.93. The average molecular weight is 384 g/mol. The van der Waals surface area contributed by atoms with E-state index in [2.05, 4.69) is 10.2 Å². The molecule has 1 fully saturated rings. The molecule has 2 heterocycles. The molecule has 0 unspecified atom stereocenters. The number of rotatable bonds is 2. The molecule has 0 aliphatic carbocycles. The van der Waals surface area contributed by atoms with Crippen molar-refractivity contribution in [2.75, 3.05) is 23.8 Å². The Hall–Kier alpha value is -2.53. The molecular weight excluding hydrogens is 362 g/mol. The molecule has 27 heavy (non-hydrogen) atoms. The zero-order chi connectivity index (χ0) is 19.0. The number of amides is 2. The first kappa shape index (κ1) is 17.9. The van der Waals surface area contributed by atoms with Gasteiger partial charge >= 0.3 is 0 Å². The summed E-state index contributed by atoms with van der Waals surface area (Å²) in [6.45, 7) is 0.798. The largest absolute Gasteiger partial charge is 0.354 e. The second kappa shape index (κ2) is 7.24. The predicted octanol–water partition coefficient (Wildman–Crippen LogP) is 4.38. The van der Waals surface area contributed by atoms with Crippen LogP contribution in [0.2, 0.25) is 5.02 Å². The van der Waals surface area contributed by atoms with Crippen LogP contribution in [0.5, 0.6) is 0 Å². The van der Waals surface area contributed by atoms with Gasteiger partial charge in [-0.25, -0.2) is 0 Å². The van der Waals surface area contributed by atoms with Gasteiger partial charge in [0.25, 0.3) is 11.8 Å². The lowest BCUT2D eigenvalue weighted by atomic mass is 10.0. The zero-order valence-electron chi connectivity index (χ0n) is 15.2. The molecule has 0 saturated carbocycles. The van der Waals surface area contributed by atoms with Gasteiger partial charge in [0.1, 0.15) is 6.17 Å². The maximum absolute atomic E-state index is 12.9. The Morgan fingerprint density at radius 1 is 1.11 bits per heavy atom. The second-order valence-corrected chi connectivity index (χ2v) is 7.57. The van der Waals surface area contributed by atoms with E-state index in [1.807, 2.05) is 18.0 Å². The summed E-state index contributed by atoms with van der Waals surface area (Å²) in [5.41, 5.74) is 2.71. The normalized spacial score (nSPS) is 19.2. The van der Waals surface area contributed by atoms with Crippen LogP contribution < -0.4 is 10.2 Å². The molecule has 1 saturated heterocycles. The number of anilines is 2. The van der Waals surface area contributed by atoms with Crippen LogP contribution in [0.1, 0.15) is 46.4 Å². The number of carbonyl (C=O) groups is 2. The Bertz CT molecular complexity index is 881. The van der Waals surface area contributed by atoms with Crippen molar-refractivity contribution in [3.05, 3.63) is 58.6 Å². The van der Waals surface area contributed by atoms with Crippen molar-refractivity contribution >= 4 is 34.8 Å². The Morgan fingerprint density at radius 2 is 1.89 bits per heavy atom. The van der Waals surface area contributed by atoms with Crippen molar-refractivity contribution in [2.45, 2.75) is 31.8 Å². The van der Waals surface area contributed by atoms with Gasteiger partial charge in [0.15, 0.2) is 0 Å². The minimum absolute atomic E-state index is 0.0691. The topological polar surface area (TPSA) is 52.7 Å². The molecule has 2 aliphatic rings. The maximum atomic E-state index is 12.9. The number of carbonyl (C=O) groups excluding carboxylic acids is 2. The minimum Gasteiger partial charge on any atom is -0.354 e. The van der Waals surface area contributed by atoms with E-state index in [0.717, 1.165) is 37.9 Å². The van der Waals surface area contributed by atoms with Gasteiger partial charge in [0, 0.05) is 29.9 Å². The van der Waals surface area contributed by atoms with E-state index in [0.29, 0.717) is 21.8 Å². The highest BCUT2D eigenvalue weighted by molar-refractivity contribution is 6.30. The van der Waals surface area contributed by atoms with E-state index < -0.39 is 0 Å². The van der Waals surface area contributed by atoms with Crippen molar-refractivity contribution in [1.29, 1.82) is 0 Å². The van der Waals surface area contributed by atoms with Crippen LogP contribution in [0.3, 0.4) is 0 Å². The molecule has 0 spiro atoms. The van der Waals surface area contributed by atoms with Gasteiger partial charge in [0.2, 0.25) is 0 Å². The van der Waals surface area contributed by atoms with Gasteiger partial charge in [-0.3, -0.25) is 9.59 Å². The number of nitrogens with zero attached hydrogens (tertiary/aromatic N) is 2. The monoisotopic (exact) mass is 383 g/mol. The number of halogens is 1. The molecule has 0 bridgehead atoms. The summed E-state index contributed by atoms with van der Waals surface area (Å²) in [7, 11) is 2.01. The molecule has 4 rings (SSSR count). The molecule has 5 nitrogen and oxygen atoms in total. The maximum Gasteiger partial charge on any atom is 0.257 e. The van der Waals surface area contributed by atoms with E-state index in [4.69, 9.17) is 11.6 Å². The average Bonchev–Trinajstić information content (AvgIpc) is 2.94. The van der Waals surface area contributed by atoms with Crippen molar-refractivity contribution < 1.29 is 9.59 Å². The molecule has 2 amide bonds. The van der Waals surface area contributed by atoms with Crippen LogP contribution in [0, 0.1) is 0 Å². The third-order valence-corrected chi connectivity index (χ3v) is 5.65. The first-order valence-electron chi connectivity index (χ1n) is 9.29. The molecule has 2 aliphatic heterocycles. The van der Waals surface area contributed by atoms with Crippen molar-refractivity contribution in [3.63, 3.8) is 0 Å². The molecule has 2 aromatic rings. The summed E-state index contributed by atoms with van der Waals surface area (Å²) >= 11 is 5.89. The molecule has 2 aromatic carbocycles. The summed E-state index contributed by atoms with van der Waals surface area (Å²) in [6, 6.07) is 12.3. The van der Waals surface area contributed by atoms with Gasteiger partial charge in [-0.05, 0) is 61.7 Å². The number of benzene rings is 2. The van der Waals surface area contributed by atoms with Crippen LogP contribution in [0.15, 0.2) is 42.5 Å². The van der Waals surface area contributed by atoms with Crippen LogP contribution in [0.25, 0.3) is 0 Å². The van der Waals surface area contributed by atoms with Crippen LogP contribution in [-0.2, 0) is 0 Å². The first-order chi connectivity index (χ1) is 13.0. The summed E-state index contributed by atoms with van der Waals surface area (Å²) in [4.78, 5) is 29.7. The highest BCUT2D eigenvalue weighted by Crippen LogP contribution is 2.34. The zero-order valence-corrected chi connectivity index (χ0v) is 16.0. The van der Waals surface area contributed by atoms with Gasteiger partial charge in [-0.1, -0.05) is 18.0 Å². The van der Waals surface area contributed by atoms with Crippen LogP contribution >= 0.6 is 11.6 Å². The van der Waals surface area contributed by atoms with E-state index >= 15 is 0 Å². The lowest BCUT2D eigenvalue weighted by Crippen LogP contribution is -2.53. The Morgan fingerprint density at radius 3 is 2.67 bits per heavy atom. The fourth-order valence-corrected chi connectivity index (χ4v) is 4.05. The van der Waals surface area contributed by atoms with Crippen molar-refractivity contribution in [3.8, 4) is 0 Å². The predicted molar refractivity (Wildman–Crippen MR) is 108 cm³/mol. The first-order valence-corrected chi connectivity index (χ1v) is 9.67. The molecular formula is C21H22ClN3O2. The number of hydrogen-bond donors (Lipinski definition) is 1.